The molecule has 0 aliphatic heterocycles. The molecule has 3 aromatic heterocycles. The van der Waals surface area contributed by atoms with Gasteiger partial charge in [-0.25, -0.2) is 15.1 Å². The van der Waals surface area contributed by atoms with Crippen LogP contribution in [0.5, 0.6) is 5.75 Å². The van der Waals surface area contributed by atoms with Crippen molar-refractivity contribution >= 4 is 44.2 Å². The summed E-state index contributed by atoms with van der Waals surface area (Å²) in [6, 6.07) is 15.4. The number of pyridine rings is 2. The van der Waals surface area contributed by atoms with Gasteiger partial charge in [0, 0.05) is 11.5 Å². The molecule has 0 unspecified atom stereocenters. The van der Waals surface area contributed by atoms with E-state index in [1.165, 1.54) is 11.3 Å². The van der Waals surface area contributed by atoms with Crippen LogP contribution in [0.4, 0.5) is 5.82 Å². The summed E-state index contributed by atoms with van der Waals surface area (Å²) in [6.07, 6.45) is 1.77. The van der Waals surface area contributed by atoms with Crippen molar-refractivity contribution < 1.29 is 19.5 Å². The maximum Gasteiger partial charge on any atom is 0.349 e. The quantitative estimate of drug-likeness (QED) is 0.624. The van der Waals surface area contributed by atoms with Crippen molar-refractivity contribution in [2.45, 2.75) is 0 Å². The van der Waals surface area contributed by atoms with Crippen LogP contribution in [-0.4, -0.2) is 13.0 Å². The standard InChI is InChI=1S/C18H13N3O2S/c1-23-13-6-5-11-8-12-9-15(24-18(12)20-14(11)10-13)17(22)21-16-4-2-3-7-19-16/h2-10H,1H3,(H,19,21,22)/p+2. The third-order valence-corrected chi connectivity index (χ3v) is 4.83. The predicted molar refractivity (Wildman–Crippen MR) is 93.4 cm³/mol. The van der Waals surface area contributed by atoms with E-state index in [-0.39, 0.29) is 5.91 Å². The Kier molecular flexibility index (Phi) is 3.59. The molecule has 6 heteroatoms. The number of ether oxygens (including phenoxy) is 1. The average Bonchev–Trinajstić information content (AvgIpc) is 3.03. The van der Waals surface area contributed by atoms with Crippen LogP contribution in [0.2, 0.25) is 0 Å². The van der Waals surface area contributed by atoms with E-state index in [4.69, 9.17) is 4.74 Å². The van der Waals surface area contributed by atoms with Crippen molar-refractivity contribution in [2.24, 2.45) is 0 Å². The number of benzene rings is 1. The number of thiophene rings is 1. The highest BCUT2D eigenvalue weighted by Crippen LogP contribution is 2.26. The lowest BCUT2D eigenvalue weighted by atomic mass is 10.2. The number of rotatable bonds is 3. The van der Waals surface area contributed by atoms with Gasteiger partial charge in [0.1, 0.15) is 10.6 Å². The number of hydrogen-bond donors (Lipinski definition) is 1. The van der Waals surface area contributed by atoms with Crippen LogP contribution < -0.4 is 20.0 Å². The van der Waals surface area contributed by atoms with Gasteiger partial charge in [-0.1, -0.05) is 17.4 Å². The van der Waals surface area contributed by atoms with Crippen LogP contribution in [0.3, 0.4) is 0 Å². The van der Waals surface area contributed by atoms with Gasteiger partial charge < -0.3 is 4.74 Å². The topological polar surface area (TPSA) is 66.6 Å². The average molecular weight is 337 g/mol. The third-order valence-electron chi connectivity index (χ3n) is 3.76. The highest BCUT2D eigenvalue weighted by Gasteiger charge is 2.19. The van der Waals surface area contributed by atoms with Gasteiger partial charge in [-0.05, 0) is 30.3 Å². The molecule has 0 aliphatic carbocycles. The molecule has 3 heterocycles. The highest BCUT2D eigenvalue weighted by molar-refractivity contribution is 7.20. The summed E-state index contributed by atoms with van der Waals surface area (Å²) in [5.74, 6) is 1.33. The number of carbonyl (C=O) groups is 1. The lowest BCUT2D eigenvalue weighted by molar-refractivity contribution is -0.360. The first kappa shape index (κ1) is 14.6. The van der Waals surface area contributed by atoms with Crippen molar-refractivity contribution in [1.29, 1.82) is 0 Å². The Bertz CT molecular complexity index is 1040. The highest BCUT2D eigenvalue weighted by atomic mass is 32.1. The zero-order chi connectivity index (χ0) is 16.5. The lowest BCUT2D eigenvalue weighted by Crippen LogP contribution is -2.17. The van der Waals surface area contributed by atoms with E-state index in [2.05, 4.69) is 21.4 Å². The van der Waals surface area contributed by atoms with Crippen molar-refractivity contribution in [3.63, 3.8) is 0 Å². The molecule has 4 aromatic rings. The first-order valence-corrected chi connectivity index (χ1v) is 8.26. The van der Waals surface area contributed by atoms with E-state index < -0.39 is 0 Å². The van der Waals surface area contributed by atoms with E-state index >= 15 is 0 Å². The molecule has 0 bridgehead atoms. The van der Waals surface area contributed by atoms with Crippen LogP contribution in [0.25, 0.3) is 21.1 Å². The minimum absolute atomic E-state index is 0.131. The summed E-state index contributed by atoms with van der Waals surface area (Å²) < 4.78 is 5.26. The molecular weight excluding hydrogens is 322 g/mol. The number of aromatic nitrogens is 2. The van der Waals surface area contributed by atoms with Gasteiger partial charge in [-0.3, -0.25) is 0 Å². The van der Waals surface area contributed by atoms with Gasteiger partial charge in [0.15, 0.2) is 0 Å². The van der Waals surface area contributed by atoms with Gasteiger partial charge in [0.2, 0.25) is 5.52 Å². The van der Waals surface area contributed by atoms with Gasteiger partial charge in [0.25, 0.3) is 10.6 Å². The Labute approximate surface area is 141 Å². The van der Waals surface area contributed by atoms with Crippen LogP contribution in [0.15, 0.2) is 54.7 Å². The van der Waals surface area contributed by atoms with Crippen molar-refractivity contribution in [3.8, 4) is 5.75 Å². The molecule has 0 aliphatic rings. The van der Waals surface area contributed by atoms with E-state index in [0.29, 0.717) is 10.7 Å². The second-order valence-electron chi connectivity index (χ2n) is 5.35. The molecule has 0 saturated carbocycles. The summed E-state index contributed by atoms with van der Waals surface area (Å²) in [6.45, 7) is 0. The van der Waals surface area contributed by atoms with Gasteiger partial charge in [-0.2, -0.15) is 4.98 Å². The first-order chi connectivity index (χ1) is 11.7. The SMILES string of the molecule is COc1ccc2cc3cc(C(=O)Nc4cccc[nH+]4)sc3[nH+]c2c1. The molecule has 118 valence electrons. The Morgan fingerprint density at radius 3 is 2.83 bits per heavy atom. The zero-order valence-corrected chi connectivity index (χ0v) is 13.7. The second kappa shape index (κ2) is 5.90. The molecule has 0 atom stereocenters. The van der Waals surface area contributed by atoms with E-state index in [0.717, 1.165) is 26.9 Å². The monoisotopic (exact) mass is 337 g/mol. The fourth-order valence-electron chi connectivity index (χ4n) is 2.56. The van der Waals surface area contributed by atoms with E-state index in [1.807, 2.05) is 42.5 Å². The fraction of sp³-hybridized carbons (Fsp3) is 0.0556. The number of nitrogens with one attached hydrogen (secondary N) is 3. The number of anilines is 1. The van der Waals surface area contributed by atoms with Crippen molar-refractivity contribution in [1.82, 2.24) is 0 Å². The fourth-order valence-corrected chi connectivity index (χ4v) is 3.51. The smallest absolute Gasteiger partial charge is 0.349 e. The molecule has 0 radical (unpaired) electrons. The number of fused-ring (bicyclic) bond motifs is 2. The molecular formula is C18H15N3O2S+2. The maximum absolute atomic E-state index is 12.4. The molecule has 1 amide bonds. The summed E-state index contributed by atoms with van der Waals surface area (Å²) in [7, 11) is 1.65. The molecule has 5 nitrogen and oxygen atoms in total. The van der Waals surface area contributed by atoms with Crippen molar-refractivity contribution in [3.05, 3.63) is 59.6 Å². The second-order valence-corrected chi connectivity index (χ2v) is 6.40. The number of H-pyrrole nitrogens is 2. The number of hydrogen-bond acceptors (Lipinski definition) is 3. The number of methoxy groups -OCH3 is 1. The Morgan fingerprint density at radius 2 is 2.04 bits per heavy atom. The molecule has 1 aromatic carbocycles. The number of carbonyl (C=O) groups excluding carboxylic acids is 1. The Hall–Kier alpha value is -2.99. The molecule has 0 spiro atoms. The van der Waals surface area contributed by atoms with E-state index in [9.17, 15) is 4.79 Å². The summed E-state index contributed by atoms with van der Waals surface area (Å²) in [5, 5.41) is 4.95. The van der Waals surface area contributed by atoms with Crippen LogP contribution in [0.1, 0.15) is 9.67 Å². The third kappa shape index (κ3) is 2.68. The van der Waals surface area contributed by atoms with E-state index in [1.54, 1.807) is 13.3 Å². The summed E-state index contributed by atoms with van der Waals surface area (Å²) >= 11 is 1.43. The minimum atomic E-state index is -0.131. The molecule has 0 fully saturated rings. The molecule has 0 saturated heterocycles. The zero-order valence-electron chi connectivity index (χ0n) is 12.9. The number of aromatic amines is 2. The Balaban J connectivity index is 1.72. The summed E-state index contributed by atoms with van der Waals surface area (Å²) in [4.78, 5) is 20.4. The number of amides is 1. The van der Waals surface area contributed by atoms with Crippen molar-refractivity contribution in [2.75, 3.05) is 12.4 Å². The maximum atomic E-state index is 12.4. The largest absolute Gasteiger partial charge is 0.497 e. The summed E-state index contributed by atoms with van der Waals surface area (Å²) in [5.41, 5.74) is 0.979. The molecule has 4 rings (SSSR count). The normalized spacial score (nSPS) is 10.9. The van der Waals surface area contributed by atoms with Crippen LogP contribution in [0, 0.1) is 0 Å². The first-order valence-electron chi connectivity index (χ1n) is 7.44. The van der Waals surface area contributed by atoms with Gasteiger partial charge in [-0.15, -0.1) is 0 Å². The van der Waals surface area contributed by atoms with Crippen LogP contribution >= 0.6 is 11.3 Å². The molecule has 3 N–H and O–H groups in total. The minimum Gasteiger partial charge on any atom is -0.497 e. The van der Waals surface area contributed by atoms with Gasteiger partial charge >= 0.3 is 5.91 Å². The van der Waals surface area contributed by atoms with Crippen LogP contribution in [-0.2, 0) is 0 Å². The lowest BCUT2D eigenvalue weighted by Gasteiger charge is -1.98. The Morgan fingerprint density at radius 1 is 1.12 bits per heavy atom. The molecule has 24 heavy (non-hydrogen) atoms. The predicted octanol–water partition coefficient (Wildman–Crippen LogP) is 2.94. The van der Waals surface area contributed by atoms with Gasteiger partial charge in [0.05, 0.1) is 24.8 Å².